The second-order valence-corrected chi connectivity index (χ2v) is 7.40. The molecule has 0 fully saturated rings. The summed E-state index contributed by atoms with van der Waals surface area (Å²) in [6.07, 6.45) is 2.67. The predicted molar refractivity (Wildman–Crippen MR) is 109 cm³/mol. The Kier molecular flexibility index (Phi) is 4.43. The third kappa shape index (κ3) is 3.08. The van der Waals surface area contributed by atoms with Crippen LogP contribution in [-0.4, -0.2) is 9.55 Å². The lowest BCUT2D eigenvalue weighted by molar-refractivity contribution is 0.749. The third-order valence-corrected chi connectivity index (χ3v) is 5.59. The van der Waals surface area contributed by atoms with Crippen molar-refractivity contribution < 1.29 is 0 Å². The quantitative estimate of drug-likeness (QED) is 0.511. The molecule has 4 heteroatoms. The standard InChI is InChI=1S/C22H20N2OS/c1-3-16-8-10-18(11-9-16)19-13-26-21-20(19)22(25)24(14-23-21)12-17-6-4-15(2)5-7-17/h4-11,13-14H,3,12H2,1-2H3. The van der Waals surface area contributed by atoms with Crippen LogP contribution in [0.15, 0.2) is 65.0 Å². The van der Waals surface area contributed by atoms with E-state index in [2.05, 4.69) is 67.4 Å². The summed E-state index contributed by atoms with van der Waals surface area (Å²) in [7, 11) is 0. The molecule has 0 saturated heterocycles. The smallest absolute Gasteiger partial charge is 0.263 e. The van der Waals surface area contributed by atoms with Crippen LogP contribution in [0, 0.1) is 6.92 Å². The van der Waals surface area contributed by atoms with Gasteiger partial charge in [-0.15, -0.1) is 11.3 Å². The van der Waals surface area contributed by atoms with Gasteiger partial charge in [-0.1, -0.05) is 61.0 Å². The number of hydrogen-bond acceptors (Lipinski definition) is 3. The van der Waals surface area contributed by atoms with Crippen LogP contribution in [0.1, 0.15) is 23.6 Å². The van der Waals surface area contributed by atoms with Crippen molar-refractivity contribution in [1.29, 1.82) is 0 Å². The van der Waals surface area contributed by atoms with Crippen LogP contribution in [-0.2, 0) is 13.0 Å². The minimum absolute atomic E-state index is 0.0198. The van der Waals surface area contributed by atoms with E-state index in [9.17, 15) is 4.79 Å². The minimum Gasteiger partial charge on any atom is -0.294 e. The fourth-order valence-electron chi connectivity index (χ4n) is 3.10. The Morgan fingerprint density at radius 2 is 1.69 bits per heavy atom. The number of thiophene rings is 1. The summed E-state index contributed by atoms with van der Waals surface area (Å²) in [5.41, 5.74) is 5.67. The molecule has 0 spiro atoms. The Labute approximate surface area is 156 Å². The zero-order chi connectivity index (χ0) is 18.1. The minimum atomic E-state index is 0.0198. The predicted octanol–water partition coefficient (Wildman–Crippen LogP) is 5.04. The molecule has 4 aromatic rings. The van der Waals surface area contributed by atoms with E-state index in [4.69, 9.17) is 0 Å². The molecule has 0 saturated carbocycles. The van der Waals surface area contributed by atoms with Gasteiger partial charge in [0.05, 0.1) is 18.3 Å². The van der Waals surface area contributed by atoms with Crippen molar-refractivity contribution in [3.05, 3.63) is 87.3 Å². The molecule has 2 aromatic carbocycles. The van der Waals surface area contributed by atoms with Gasteiger partial charge in [0.1, 0.15) is 4.83 Å². The zero-order valence-electron chi connectivity index (χ0n) is 14.9. The van der Waals surface area contributed by atoms with E-state index in [0.29, 0.717) is 11.9 Å². The molecule has 0 atom stereocenters. The van der Waals surface area contributed by atoms with Crippen molar-refractivity contribution in [2.75, 3.05) is 0 Å². The van der Waals surface area contributed by atoms with Crippen LogP contribution >= 0.6 is 11.3 Å². The Balaban J connectivity index is 1.78. The van der Waals surface area contributed by atoms with Gasteiger partial charge in [0.2, 0.25) is 0 Å². The summed E-state index contributed by atoms with van der Waals surface area (Å²) in [5.74, 6) is 0. The molecule has 26 heavy (non-hydrogen) atoms. The Morgan fingerprint density at radius 1 is 1.00 bits per heavy atom. The lowest BCUT2D eigenvalue weighted by atomic mass is 10.0. The second-order valence-electron chi connectivity index (χ2n) is 6.54. The summed E-state index contributed by atoms with van der Waals surface area (Å²) >= 11 is 1.53. The largest absolute Gasteiger partial charge is 0.294 e. The van der Waals surface area contributed by atoms with Gasteiger partial charge >= 0.3 is 0 Å². The number of fused-ring (bicyclic) bond motifs is 1. The van der Waals surface area contributed by atoms with Crippen LogP contribution < -0.4 is 5.56 Å². The van der Waals surface area contributed by atoms with E-state index < -0.39 is 0 Å². The average Bonchev–Trinajstić information content (AvgIpc) is 3.11. The highest BCUT2D eigenvalue weighted by molar-refractivity contribution is 7.17. The fraction of sp³-hybridized carbons (Fsp3) is 0.182. The van der Waals surface area contributed by atoms with E-state index in [1.165, 1.54) is 22.5 Å². The van der Waals surface area contributed by atoms with Crippen molar-refractivity contribution in [3.63, 3.8) is 0 Å². The summed E-state index contributed by atoms with van der Waals surface area (Å²) in [6, 6.07) is 16.7. The topological polar surface area (TPSA) is 34.9 Å². The number of aromatic nitrogens is 2. The highest BCUT2D eigenvalue weighted by Gasteiger charge is 2.13. The summed E-state index contributed by atoms with van der Waals surface area (Å²) in [6.45, 7) is 4.74. The van der Waals surface area contributed by atoms with E-state index in [0.717, 1.165) is 27.9 Å². The Morgan fingerprint density at radius 3 is 2.38 bits per heavy atom. The van der Waals surface area contributed by atoms with Gasteiger partial charge in [0.25, 0.3) is 5.56 Å². The summed E-state index contributed by atoms with van der Waals surface area (Å²) in [4.78, 5) is 18.4. The zero-order valence-corrected chi connectivity index (χ0v) is 15.7. The van der Waals surface area contributed by atoms with Crippen molar-refractivity contribution in [2.45, 2.75) is 26.8 Å². The van der Waals surface area contributed by atoms with Gasteiger partial charge in [-0.25, -0.2) is 4.98 Å². The summed E-state index contributed by atoms with van der Waals surface area (Å²) < 4.78 is 1.70. The van der Waals surface area contributed by atoms with E-state index in [1.807, 2.05) is 5.38 Å². The normalized spacial score (nSPS) is 11.2. The first-order valence-electron chi connectivity index (χ1n) is 8.77. The molecular formula is C22H20N2OS. The maximum absolute atomic E-state index is 13.1. The molecule has 2 aromatic heterocycles. The van der Waals surface area contributed by atoms with E-state index in [-0.39, 0.29) is 5.56 Å². The number of nitrogens with zero attached hydrogens (tertiary/aromatic N) is 2. The molecule has 0 bridgehead atoms. The molecule has 0 aliphatic carbocycles. The second kappa shape index (κ2) is 6.89. The maximum atomic E-state index is 13.1. The van der Waals surface area contributed by atoms with Crippen LogP contribution in [0.5, 0.6) is 0 Å². The fourth-order valence-corrected chi connectivity index (χ4v) is 4.01. The van der Waals surface area contributed by atoms with Crippen molar-refractivity contribution in [3.8, 4) is 11.1 Å². The molecule has 130 valence electrons. The molecule has 0 amide bonds. The van der Waals surface area contributed by atoms with Gasteiger partial charge in [-0.3, -0.25) is 9.36 Å². The van der Waals surface area contributed by atoms with Gasteiger partial charge in [0.15, 0.2) is 0 Å². The Bertz CT molecular complexity index is 1110. The van der Waals surface area contributed by atoms with Crippen molar-refractivity contribution in [2.24, 2.45) is 0 Å². The first-order chi connectivity index (χ1) is 12.7. The van der Waals surface area contributed by atoms with Gasteiger partial charge in [-0.2, -0.15) is 0 Å². The van der Waals surface area contributed by atoms with Crippen LogP contribution in [0.3, 0.4) is 0 Å². The molecule has 0 unspecified atom stereocenters. The SMILES string of the molecule is CCc1ccc(-c2csc3ncn(Cc4ccc(C)cc4)c(=O)c23)cc1. The molecule has 4 rings (SSSR count). The van der Waals surface area contributed by atoms with Crippen molar-refractivity contribution in [1.82, 2.24) is 9.55 Å². The summed E-state index contributed by atoms with van der Waals surface area (Å²) in [5, 5.41) is 2.75. The number of hydrogen-bond donors (Lipinski definition) is 0. The number of benzene rings is 2. The average molecular weight is 360 g/mol. The maximum Gasteiger partial charge on any atom is 0.263 e. The first-order valence-corrected chi connectivity index (χ1v) is 9.65. The molecule has 0 N–H and O–H groups in total. The molecule has 0 aliphatic rings. The number of rotatable bonds is 4. The lowest BCUT2D eigenvalue weighted by Crippen LogP contribution is -2.20. The van der Waals surface area contributed by atoms with Crippen LogP contribution in [0.25, 0.3) is 21.3 Å². The molecule has 0 aliphatic heterocycles. The monoisotopic (exact) mass is 360 g/mol. The van der Waals surface area contributed by atoms with E-state index in [1.54, 1.807) is 10.9 Å². The molecule has 3 nitrogen and oxygen atoms in total. The van der Waals surface area contributed by atoms with Crippen molar-refractivity contribution >= 4 is 21.6 Å². The van der Waals surface area contributed by atoms with Crippen LogP contribution in [0.2, 0.25) is 0 Å². The molecule has 2 heterocycles. The molecular weight excluding hydrogens is 340 g/mol. The molecule has 0 radical (unpaired) electrons. The highest BCUT2D eigenvalue weighted by atomic mass is 32.1. The van der Waals surface area contributed by atoms with Gasteiger partial charge in [0, 0.05) is 10.9 Å². The third-order valence-electron chi connectivity index (χ3n) is 4.71. The lowest BCUT2D eigenvalue weighted by Gasteiger charge is -2.07. The first kappa shape index (κ1) is 16.7. The Hall–Kier alpha value is -2.72. The van der Waals surface area contributed by atoms with Gasteiger partial charge < -0.3 is 0 Å². The van der Waals surface area contributed by atoms with Crippen LogP contribution in [0.4, 0.5) is 0 Å². The van der Waals surface area contributed by atoms with Gasteiger partial charge in [-0.05, 0) is 30.0 Å². The number of aryl methyl sites for hydroxylation is 2. The van der Waals surface area contributed by atoms with E-state index >= 15 is 0 Å². The highest BCUT2D eigenvalue weighted by Crippen LogP contribution is 2.30.